The lowest BCUT2D eigenvalue weighted by Crippen LogP contribution is -1.95. The summed E-state index contributed by atoms with van der Waals surface area (Å²) >= 11 is 13.1. The van der Waals surface area contributed by atoms with Gasteiger partial charge in [0.1, 0.15) is 4.34 Å². The first-order chi connectivity index (χ1) is 10.0. The zero-order chi connectivity index (χ0) is 15.0. The van der Waals surface area contributed by atoms with Gasteiger partial charge in [-0.1, -0.05) is 40.5 Å². The average molecular weight is 341 g/mol. The monoisotopic (exact) mass is 340 g/mol. The van der Waals surface area contributed by atoms with Crippen LogP contribution in [0.1, 0.15) is 10.4 Å². The third-order valence-corrected chi connectivity index (χ3v) is 4.19. The second-order valence-electron chi connectivity index (χ2n) is 4.04. The van der Waals surface area contributed by atoms with Crippen LogP contribution in [-0.2, 0) is 0 Å². The van der Waals surface area contributed by atoms with Gasteiger partial charge in [0, 0.05) is 5.56 Å². The highest BCUT2D eigenvalue weighted by Crippen LogP contribution is 2.37. The largest absolute Gasteiger partial charge is 0.478 e. The van der Waals surface area contributed by atoms with Crippen molar-refractivity contribution in [1.29, 1.82) is 0 Å². The molecule has 21 heavy (non-hydrogen) atoms. The molecule has 0 fully saturated rings. The normalized spacial score (nSPS) is 10.8. The summed E-state index contributed by atoms with van der Waals surface area (Å²) in [6.45, 7) is 0. The molecule has 2 aromatic heterocycles. The molecule has 0 aliphatic carbocycles. The van der Waals surface area contributed by atoms with E-state index in [2.05, 4.69) is 10.1 Å². The summed E-state index contributed by atoms with van der Waals surface area (Å²) in [4.78, 5) is 15.0. The summed E-state index contributed by atoms with van der Waals surface area (Å²) in [5, 5.41) is 12.7. The predicted molar refractivity (Wildman–Crippen MR) is 80.0 cm³/mol. The SMILES string of the molecule is O=C(O)c1ccc(-c2noc(-c3cc(Cl)sc3Cl)n2)cc1. The fraction of sp³-hybridized carbons (Fsp3) is 0. The molecule has 0 aliphatic heterocycles. The van der Waals surface area contributed by atoms with Crippen LogP contribution in [0.15, 0.2) is 34.9 Å². The molecule has 0 spiro atoms. The Balaban J connectivity index is 1.94. The number of rotatable bonds is 3. The zero-order valence-corrected chi connectivity index (χ0v) is 12.5. The van der Waals surface area contributed by atoms with E-state index in [9.17, 15) is 4.79 Å². The third-order valence-electron chi connectivity index (χ3n) is 2.70. The van der Waals surface area contributed by atoms with Crippen LogP contribution in [0.5, 0.6) is 0 Å². The van der Waals surface area contributed by atoms with Crippen molar-refractivity contribution in [3.63, 3.8) is 0 Å². The minimum absolute atomic E-state index is 0.190. The number of hydrogen-bond donors (Lipinski definition) is 1. The minimum Gasteiger partial charge on any atom is -0.478 e. The molecule has 5 nitrogen and oxygen atoms in total. The molecule has 3 rings (SSSR count). The second-order valence-corrected chi connectivity index (χ2v) is 6.33. The van der Waals surface area contributed by atoms with Crippen LogP contribution >= 0.6 is 34.5 Å². The van der Waals surface area contributed by atoms with E-state index in [1.807, 2.05) is 0 Å². The van der Waals surface area contributed by atoms with Gasteiger partial charge in [0.15, 0.2) is 0 Å². The third kappa shape index (κ3) is 2.78. The molecule has 1 aromatic carbocycles. The van der Waals surface area contributed by atoms with E-state index in [1.54, 1.807) is 18.2 Å². The van der Waals surface area contributed by atoms with Crippen molar-refractivity contribution >= 4 is 40.5 Å². The van der Waals surface area contributed by atoms with Gasteiger partial charge in [-0.25, -0.2) is 4.79 Å². The van der Waals surface area contributed by atoms with Gasteiger partial charge in [0.05, 0.1) is 15.5 Å². The van der Waals surface area contributed by atoms with E-state index in [4.69, 9.17) is 32.8 Å². The molecule has 0 aliphatic rings. The minimum atomic E-state index is -0.991. The number of aromatic carboxylic acids is 1. The molecule has 0 unspecified atom stereocenters. The molecule has 0 saturated heterocycles. The highest BCUT2D eigenvalue weighted by Gasteiger charge is 2.16. The van der Waals surface area contributed by atoms with E-state index in [0.29, 0.717) is 25.6 Å². The highest BCUT2D eigenvalue weighted by molar-refractivity contribution is 7.20. The fourth-order valence-electron chi connectivity index (χ4n) is 1.70. The molecule has 1 N–H and O–H groups in total. The Bertz CT molecular complexity index is 811. The van der Waals surface area contributed by atoms with Crippen LogP contribution in [0, 0.1) is 0 Å². The van der Waals surface area contributed by atoms with Crippen LogP contribution in [0.25, 0.3) is 22.8 Å². The van der Waals surface area contributed by atoms with Gasteiger partial charge in [-0.2, -0.15) is 4.98 Å². The van der Waals surface area contributed by atoms with E-state index < -0.39 is 5.97 Å². The smallest absolute Gasteiger partial charge is 0.335 e. The summed E-state index contributed by atoms with van der Waals surface area (Å²) in [5.41, 5.74) is 1.41. The molecule has 0 saturated carbocycles. The molecule has 0 atom stereocenters. The Morgan fingerprint density at radius 2 is 1.95 bits per heavy atom. The van der Waals surface area contributed by atoms with Crippen molar-refractivity contribution in [2.45, 2.75) is 0 Å². The van der Waals surface area contributed by atoms with Crippen molar-refractivity contribution in [2.24, 2.45) is 0 Å². The van der Waals surface area contributed by atoms with Gasteiger partial charge in [0.2, 0.25) is 5.82 Å². The van der Waals surface area contributed by atoms with E-state index in [1.165, 1.54) is 23.5 Å². The van der Waals surface area contributed by atoms with Crippen molar-refractivity contribution in [1.82, 2.24) is 10.1 Å². The number of halogens is 2. The summed E-state index contributed by atoms with van der Waals surface area (Å²) < 4.78 is 6.16. The first-order valence-corrected chi connectivity index (χ1v) is 7.24. The number of hydrogen-bond acceptors (Lipinski definition) is 5. The van der Waals surface area contributed by atoms with Gasteiger partial charge < -0.3 is 9.63 Å². The molecule has 3 aromatic rings. The second kappa shape index (κ2) is 5.48. The van der Waals surface area contributed by atoms with Gasteiger partial charge in [-0.15, -0.1) is 11.3 Å². The summed E-state index contributed by atoms with van der Waals surface area (Å²) in [5.74, 6) is -0.379. The van der Waals surface area contributed by atoms with Crippen LogP contribution < -0.4 is 0 Å². The lowest BCUT2D eigenvalue weighted by Gasteiger charge is -1.95. The van der Waals surface area contributed by atoms with Crippen LogP contribution in [0.3, 0.4) is 0 Å². The van der Waals surface area contributed by atoms with E-state index in [0.717, 1.165) is 0 Å². The number of benzene rings is 1. The standard InChI is InChI=1S/C13H6Cl2N2O3S/c14-9-5-8(10(15)21-9)12-16-11(17-20-12)6-1-3-7(4-2-6)13(18)19/h1-5H,(H,18,19). The molecule has 106 valence electrons. The number of thiophene rings is 1. The quantitative estimate of drug-likeness (QED) is 0.761. The molecular formula is C13H6Cl2N2O3S. The molecule has 0 radical (unpaired) electrons. The topological polar surface area (TPSA) is 76.2 Å². The van der Waals surface area contributed by atoms with Crippen LogP contribution in [0.4, 0.5) is 0 Å². The Morgan fingerprint density at radius 3 is 2.52 bits per heavy atom. The van der Waals surface area contributed by atoms with Crippen molar-refractivity contribution < 1.29 is 14.4 Å². The molecule has 2 heterocycles. The summed E-state index contributed by atoms with van der Waals surface area (Å²) in [6.07, 6.45) is 0. The Hall–Kier alpha value is -1.89. The number of nitrogens with zero attached hydrogens (tertiary/aromatic N) is 2. The van der Waals surface area contributed by atoms with E-state index >= 15 is 0 Å². The Kier molecular flexibility index (Phi) is 3.67. The molecule has 0 amide bonds. The number of carboxylic acids is 1. The lowest BCUT2D eigenvalue weighted by atomic mass is 10.1. The highest BCUT2D eigenvalue weighted by atomic mass is 35.5. The Labute approximate surface area is 132 Å². The van der Waals surface area contributed by atoms with Gasteiger partial charge in [0.25, 0.3) is 5.89 Å². The Morgan fingerprint density at radius 1 is 1.24 bits per heavy atom. The van der Waals surface area contributed by atoms with Crippen molar-refractivity contribution in [3.8, 4) is 22.8 Å². The van der Waals surface area contributed by atoms with Crippen LogP contribution in [0.2, 0.25) is 8.67 Å². The van der Waals surface area contributed by atoms with E-state index in [-0.39, 0.29) is 11.5 Å². The number of carboxylic acid groups (broad SMARTS) is 1. The predicted octanol–water partition coefficient (Wildman–Crippen LogP) is 4.47. The van der Waals surface area contributed by atoms with Crippen LogP contribution in [-0.4, -0.2) is 21.2 Å². The summed E-state index contributed by atoms with van der Waals surface area (Å²) in [7, 11) is 0. The molecule has 0 bridgehead atoms. The number of carbonyl (C=O) groups is 1. The van der Waals surface area contributed by atoms with Gasteiger partial charge >= 0.3 is 5.97 Å². The summed E-state index contributed by atoms with van der Waals surface area (Å²) in [6, 6.07) is 7.82. The maximum Gasteiger partial charge on any atom is 0.335 e. The first kappa shape index (κ1) is 14.1. The van der Waals surface area contributed by atoms with Crippen molar-refractivity contribution in [2.75, 3.05) is 0 Å². The zero-order valence-electron chi connectivity index (χ0n) is 10.2. The first-order valence-electron chi connectivity index (χ1n) is 5.67. The number of aromatic nitrogens is 2. The lowest BCUT2D eigenvalue weighted by molar-refractivity contribution is 0.0697. The molecule has 8 heteroatoms. The fourth-order valence-corrected chi connectivity index (χ4v) is 3.15. The average Bonchev–Trinajstić information content (AvgIpc) is 3.05. The maximum absolute atomic E-state index is 10.8. The van der Waals surface area contributed by atoms with Gasteiger partial charge in [-0.05, 0) is 18.2 Å². The maximum atomic E-state index is 10.8. The van der Waals surface area contributed by atoms with Crippen molar-refractivity contribution in [3.05, 3.63) is 44.6 Å². The molecular weight excluding hydrogens is 335 g/mol. The van der Waals surface area contributed by atoms with Gasteiger partial charge in [-0.3, -0.25) is 0 Å².